The zero-order chi connectivity index (χ0) is 18.6. The van der Waals surface area contributed by atoms with Crippen molar-refractivity contribution in [3.05, 3.63) is 58.6 Å². The third-order valence-corrected chi connectivity index (χ3v) is 6.04. The Labute approximate surface area is 153 Å². The van der Waals surface area contributed by atoms with Gasteiger partial charge in [-0.2, -0.15) is 4.31 Å². The molecule has 0 bridgehead atoms. The summed E-state index contributed by atoms with van der Waals surface area (Å²) in [5.41, 5.74) is 2.03. The fraction of sp³-hybridized carbons (Fsp3) is 0.278. The van der Waals surface area contributed by atoms with Gasteiger partial charge in [0.1, 0.15) is 0 Å². The molecule has 1 N–H and O–H groups in total. The molecule has 25 heavy (non-hydrogen) atoms. The van der Waals surface area contributed by atoms with Crippen LogP contribution in [0.15, 0.2) is 47.4 Å². The Morgan fingerprint density at radius 2 is 1.88 bits per heavy atom. The van der Waals surface area contributed by atoms with E-state index >= 15 is 0 Å². The molecule has 1 amide bonds. The van der Waals surface area contributed by atoms with Crippen LogP contribution < -0.4 is 5.32 Å². The number of aryl methyl sites for hydroxylation is 2. The Morgan fingerprint density at radius 1 is 1.16 bits per heavy atom. The van der Waals surface area contributed by atoms with Gasteiger partial charge in [0.25, 0.3) is 0 Å². The predicted octanol–water partition coefficient (Wildman–Crippen LogP) is 3.61. The summed E-state index contributed by atoms with van der Waals surface area (Å²) < 4.78 is 27.0. The van der Waals surface area contributed by atoms with E-state index in [1.165, 1.54) is 0 Å². The molecule has 0 atom stereocenters. The number of likely N-dealkylation sites (N-methyl/N-ethyl adjacent to an activating group) is 1. The van der Waals surface area contributed by atoms with Gasteiger partial charge in [-0.3, -0.25) is 4.79 Å². The third-order valence-electron chi connectivity index (χ3n) is 3.74. The number of nitrogens with zero attached hydrogens (tertiary/aromatic N) is 1. The van der Waals surface area contributed by atoms with Crippen molar-refractivity contribution in [1.82, 2.24) is 4.31 Å². The van der Waals surface area contributed by atoms with Gasteiger partial charge in [-0.15, -0.1) is 0 Å². The van der Waals surface area contributed by atoms with Gasteiger partial charge in [0.05, 0.1) is 11.4 Å². The fourth-order valence-corrected chi connectivity index (χ4v) is 4.32. The average molecular weight is 381 g/mol. The van der Waals surface area contributed by atoms with E-state index in [1.54, 1.807) is 50.2 Å². The number of nitrogens with one attached hydrogen (secondary N) is 1. The highest BCUT2D eigenvalue weighted by atomic mass is 35.5. The summed E-state index contributed by atoms with van der Waals surface area (Å²) in [7, 11) is -3.75. The second-order valence-electron chi connectivity index (χ2n) is 5.76. The number of carbonyl (C=O) groups excluding carboxylic acids is 1. The van der Waals surface area contributed by atoms with Crippen molar-refractivity contribution in [3.8, 4) is 0 Å². The monoisotopic (exact) mass is 380 g/mol. The lowest BCUT2D eigenvalue weighted by Crippen LogP contribution is -2.38. The molecule has 0 aliphatic rings. The molecule has 0 aromatic heterocycles. The SMILES string of the molecule is CCN(CC(=O)Nc1cccc(Cl)c1)S(=O)(=O)c1cc(C)ccc1C. The number of anilines is 1. The number of amides is 1. The minimum atomic E-state index is -3.75. The number of benzene rings is 2. The second-order valence-corrected chi connectivity index (χ2v) is 8.10. The Morgan fingerprint density at radius 3 is 2.52 bits per heavy atom. The van der Waals surface area contributed by atoms with E-state index in [0.717, 1.165) is 9.87 Å². The van der Waals surface area contributed by atoms with E-state index in [-0.39, 0.29) is 18.0 Å². The summed E-state index contributed by atoms with van der Waals surface area (Å²) in [4.78, 5) is 12.5. The van der Waals surface area contributed by atoms with Gasteiger partial charge >= 0.3 is 0 Å². The van der Waals surface area contributed by atoms with Gasteiger partial charge in [0.2, 0.25) is 15.9 Å². The summed E-state index contributed by atoms with van der Waals surface area (Å²) in [5, 5.41) is 3.16. The van der Waals surface area contributed by atoms with Crippen molar-refractivity contribution in [2.45, 2.75) is 25.7 Å². The van der Waals surface area contributed by atoms with Crippen LogP contribution in [0.1, 0.15) is 18.1 Å². The summed E-state index contributed by atoms with van der Waals surface area (Å²) in [5.74, 6) is -0.419. The van der Waals surface area contributed by atoms with Gasteiger partial charge in [0, 0.05) is 17.3 Å². The van der Waals surface area contributed by atoms with Crippen LogP contribution in [0.3, 0.4) is 0 Å². The number of hydrogen-bond donors (Lipinski definition) is 1. The number of halogens is 1. The first-order valence-corrected chi connectivity index (χ1v) is 9.68. The Hall–Kier alpha value is -1.89. The number of carbonyl (C=O) groups is 1. The van der Waals surface area contributed by atoms with E-state index in [4.69, 9.17) is 11.6 Å². The lowest BCUT2D eigenvalue weighted by molar-refractivity contribution is -0.116. The normalized spacial score (nSPS) is 11.6. The molecule has 134 valence electrons. The van der Waals surface area contributed by atoms with Crippen LogP contribution in [0.4, 0.5) is 5.69 Å². The maximum atomic E-state index is 12.9. The molecule has 7 heteroatoms. The maximum Gasteiger partial charge on any atom is 0.243 e. The number of rotatable bonds is 6. The average Bonchev–Trinajstić information content (AvgIpc) is 2.54. The van der Waals surface area contributed by atoms with Crippen molar-refractivity contribution in [2.75, 3.05) is 18.4 Å². The molecule has 0 heterocycles. The molecule has 2 aromatic rings. The van der Waals surface area contributed by atoms with Crippen LogP contribution in [-0.4, -0.2) is 31.7 Å². The molecule has 0 spiro atoms. The molecule has 0 fully saturated rings. The zero-order valence-corrected chi connectivity index (χ0v) is 16.0. The van der Waals surface area contributed by atoms with Crippen LogP contribution in [0.25, 0.3) is 0 Å². The first-order valence-electron chi connectivity index (χ1n) is 7.87. The second kappa shape index (κ2) is 7.99. The largest absolute Gasteiger partial charge is 0.325 e. The molecule has 0 saturated carbocycles. The Balaban J connectivity index is 2.20. The lowest BCUT2D eigenvalue weighted by atomic mass is 10.2. The van der Waals surface area contributed by atoms with E-state index in [9.17, 15) is 13.2 Å². The molecular weight excluding hydrogens is 360 g/mol. The van der Waals surface area contributed by atoms with Gasteiger partial charge in [-0.25, -0.2) is 8.42 Å². The van der Waals surface area contributed by atoms with E-state index < -0.39 is 15.9 Å². The number of sulfonamides is 1. The van der Waals surface area contributed by atoms with Crippen molar-refractivity contribution >= 4 is 33.2 Å². The summed E-state index contributed by atoms with van der Waals surface area (Å²) in [6.45, 7) is 5.21. The molecule has 5 nitrogen and oxygen atoms in total. The van der Waals surface area contributed by atoms with Gasteiger partial charge < -0.3 is 5.32 Å². The van der Waals surface area contributed by atoms with Gasteiger partial charge in [-0.1, -0.05) is 36.7 Å². The van der Waals surface area contributed by atoms with Crippen LogP contribution in [0.5, 0.6) is 0 Å². The highest BCUT2D eigenvalue weighted by Gasteiger charge is 2.26. The molecule has 2 aromatic carbocycles. The van der Waals surface area contributed by atoms with Crippen molar-refractivity contribution in [3.63, 3.8) is 0 Å². The first kappa shape index (κ1) is 19.4. The number of hydrogen-bond acceptors (Lipinski definition) is 3. The minimum Gasteiger partial charge on any atom is -0.325 e. The molecular formula is C18H21ClN2O3S. The van der Waals surface area contributed by atoms with E-state index in [2.05, 4.69) is 5.32 Å². The lowest BCUT2D eigenvalue weighted by Gasteiger charge is -2.21. The van der Waals surface area contributed by atoms with Crippen LogP contribution in [0.2, 0.25) is 5.02 Å². The summed E-state index contributed by atoms with van der Waals surface area (Å²) in [6, 6.07) is 12.0. The molecule has 0 saturated heterocycles. The van der Waals surface area contributed by atoms with Gasteiger partial charge in [0.15, 0.2) is 0 Å². The van der Waals surface area contributed by atoms with Crippen LogP contribution in [0, 0.1) is 13.8 Å². The first-order chi connectivity index (χ1) is 11.7. The molecule has 0 unspecified atom stereocenters. The molecule has 0 aliphatic carbocycles. The molecule has 0 radical (unpaired) electrons. The predicted molar refractivity (Wildman–Crippen MR) is 100 cm³/mol. The Bertz CT molecular complexity index is 882. The Kier molecular flexibility index (Phi) is 6.21. The topological polar surface area (TPSA) is 66.5 Å². The molecule has 2 rings (SSSR count). The maximum absolute atomic E-state index is 12.9. The fourth-order valence-electron chi connectivity index (χ4n) is 2.42. The van der Waals surface area contributed by atoms with Crippen molar-refractivity contribution < 1.29 is 13.2 Å². The van der Waals surface area contributed by atoms with Crippen LogP contribution in [-0.2, 0) is 14.8 Å². The molecule has 0 aliphatic heterocycles. The summed E-state index contributed by atoms with van der Waals surface area (Å²) >= 11 is 5.89. The highest BCUT2D eigenvalue weighted by Crippen LogP contribution is 2.21. The zero-order valence-electron chi connectivity index (χ0n) is 14.4. The highest BCUT2D eigenvalue weighted by molar-refractivity contribution is 7.89. The van der Waals surface area contributed by atoms with Crippen molar-refractivity contribution in [2.24, 2.45) is 0 Å². The van der Waals surface area contributed by atoms with E-state index in [0.29, 0.717) is 16.3 Å². The standard InChI is InChI=1S/C18H21ClN2O3S/c1-4-21(12-18(22)20-16-7-5-6-15(19)11-16)25(23,24)17-10-13(2)8-9-14(17)3/h5-11H,4,12H2,1-3H3,(H,20,22). The van der Waals surface area contributed by atoms with Crippen molar-refractivity contribution in [1.29, 1.82) is 0 Å². The minimum absolute atomic E-state index is 0.193. The van der Waals surface area contributed by atoms with Gasteiger partial charge in [-0.05, 0) is 49.2 Å². The third kappa shape index (κ3) is 4.81. The smallest absolute Gasteiger partial charge is 0.243 e. The summed E-state index contributed by atoms with van der Waals surface area (Å²) in [6.07, 6.45) is 0. The van der Waals surface area contributed by atoms with Crippen LogP contribution >= 0.6 is 11.6 Å². The quantitative estimate of drug-likeness (QED) is 0.832. The van der Waals surface area contributed by atoms with E-state index in [1.807, 2.05) is 13.0 Å².